The number of hydrogen-bond acceptors (Lipinski definition) is 5. The number of hydrogen-bond donors (Lipinski definition) is 1. The summed E-state index contributed by atoms with van der Waals surface area (Å²) < 4.78 is 4.86. The number of amides is 1. The molecule has 1 heterocycles. The summed E-state index contributed by atoms with van der Waals surface area (Å²) in [5.74, 6) is -0.734. The van der Waals surface area contributed by atoms with E-state index in [2.05, 4.69) is 10.4 Å². The first-order valence-electron chi connectivity index (χ1n) is 7.40. The molecule has 1 N–H and O–H groups in total. The van der Waals surface area contributed by atoms with E-state index in [1.807, 2.05) is 24.1 Å². The number of anilines is 1. The van der Waals surface area contributed by atoms with E-state index in [-0.39, 0.29) is 5.91 Å². The highest BCUT2D eigenvalue weighted by Crippen LogP contribution is 2.19. The zero-order valence-electron chi connectivity index (χ0n) is 13.1. The average molecular weight is 303 g/mol. The Labute approximate surface area is 130 Å². The van der Waals surface area contributed by atoms with Gasteiger partial charge in [-0.2, -0.15) is 5.10 Å². The highest BCUT2D eigenvalue weighted by atomic mass is 16.5. The van der Waals surface area contributed by atoms with Gasteiger partial charge in [-0.1, -0.05) is 0 Å². The van der Waals surface area contributed by atoms with Crippen molar-refractivity contribution in [3.8, 4) is 0 Å². The van der Waals surface area contributed by atoms with Gasteiger partial charge in [0.15, 0.2) is 0 Å². The highest BCUT2D eigenvalue weighted by Gasteiger charge is 2.18. The molecule has 1 aromatic rings. The third kappa shape index (κ3) is 3.84. The van der Waals surface area contributed by atoms with E-state index < -0.39 is 12.0 Å². The maximum atomic E-state index is 12.1. The van der Waals surface area contributed by atoms with Crippen LogP contribution in [0.25, 0.3) is 0 Å². The van der Waals surface area contributed by atoms with Crippen LogP contribution >= 0.6 is 0 Å². The van der Waals surface area contributed by atoms with Crippen molar-refractivity contribution in [2.24, 2.45) is 5.10 Å². The van der Waals surface area contributed by atoms with Crippen molar-refractivity contribution < 1.29 is 14.3 Å². The number of benzene rings is 1. The van der Waals surface area contributed by atoms with Crippen molar-refractivity contribution in [3.05, 3.63) is 29.8 Å². The SMILES string of the molecule is CCOC(=O)[C@H](C)NC(=O)c1ccc(N2CCC(C)=N2)cc1. The molecule has 6 heteroatoms. The lowest BCUT2D eigenvalue weighted by Crippen LogP contribution is -2.39. The largest absolute Gasteiger partial charge is 0.464 e. The Morgan fingerprint density at radius 3 is 2.59 bits per heavy atom. The zero-order valence-corrected chi connectivity index (χ0v) is 13.1. The quantitative estimate of drug-likeness (QED) is 0.844. The molecule has 0 aromatic heterocycles. The molecule has 118 valence electrons. The molecule has 0 saturated carbocycles. The van der Waals surface area contributed by atoms with Gasteiger partial charge in [0.05, 0.1) is 12.3 Å². The summed E-state index contributed by atoms with van der Waals surface area (Å²) in [5.41, 5.74) is 2.55. The van der Waals surface area contributed by atoms with Gasteiger partial charge in [-0.15, -0.1) is 0 Å². The Morgan fingerprint density at radius 1 is 1.36 bits per heavy atom. The molecule has 1 atom stereocenters. The molecule has 1 aromatic carbocycles. The van der Waals surface area contributed by atoms with Crippen molar-refractivity contribution in [1.29, 1.82) is 0 Å². The predicted octanol–water partition coefficient (Wildman–Crippen LogP) is 1.95. The Hall–Kier alpha value is -2.37. The first kappa shape index (κ1) is 16.0. The fraction of sp³-hybridized carbons (Fsp3) is 0.438. The molecule has 0 fully saturated rings. The number of esters is 1. The molecule has 2 rings (SSSR count). The van der Waals surface area contributed by atoms with Crippen molar-refractivity contribution in [2.75, 3.05) is 18.2 Å². The molecule has 0 spiro atoms. The third-order valence-corrected chi connectivity index (χ3v) is 3.39. The average Bonchev–Trinajstić information content (AvgIpc) is 2.94. The second-order valence-electron chi connectivity index (χ2n) is 5.20. The van der Waals surface area contributed by atoms with Gasteiger partial charge < -0.3 is 10.1 Å². The summed E-state index contributed by atoms with van der Waals surface area (Å²) in [6.45, 7) is 6.49. The highest BCUT2D eigenvalue weighted by molar-refractivity contribution is 5.97. The molecular formula is C16H21N3O3. The fourth-order valence-electron chi connectivity index (χ4n) is 2.15. The molecule has 1 aliphatic heterocycles. The van der Waals surface area contributed by atoms with Crippen LogP contribution in [-0.2, 0) is 9.53 Å². The van der Waals surface area contributed by atoms with Crippen LogP contribution in [0, 0.1) is 0 Å². The van der Waals surface area contributed by atoms with E-state index in [1.165, 1.54) is 0 Å². The van der Waals surface area contributed by atoms with Gasteiger partial charge >= 0.3 is 5.97 Å². The Kier molecular flexibility index (Phi) is 5.14. The summed E-state index contributed by atoms with van der Waals surface area (Å²) >= 11 is 0. The number of nitrogens with one attached hydrogen (secondary N) is 1. The monoisotopic (exact) mass is 303 g/mol. The van der Waals surface area contributed by atoms with E-state index in [9.17, 15) is 9.59 Å². The lowest BCUT2D eigenvalue weighted by atomic mass is 10.1. The Balaban J connectivity index is 1.98. The van der Waals surface area contributed by atoms with Crippen LogP contribution in [0.4, 0.5) is 5.69 Å². The maximum absolute atomic E-state index is 12.1. The first-order valence-corrected chi connectivity index (χ1v) is 7.40. The van der Waals surface area contributed by atoms with Crippen LogP contribution < -0.4 is 10.3 Å². The van der Waals surface area contributed by atoms with Gasteiger partial charge in [-0.3, -0.25) is 9.80 Å². The number of carbonyl (C=O) groups excluding carboxylic acids is 2. The lowest BCUT2D eigenvalue weighted by Gasteiger charge is -2.15. The summed E-state index contributed by atoms with van der Waals surface area (Å²) in [4.78, 5) is 23.6. The Morgan fingerprint density at radius 2 is 2.05 bits per heavy atom. The van der Waals surface area contributed by atoms with Crippen molar-refractivity contribution in [3.63, 3.8) is 0 Å². The molecule has 6 nitrogen and oxygen atoms in total. The molecule has 0 bridgehead atoms. The smallest absolute Gasteiger partial charge is 0.328 e. The second kappa shape index (κ2) is 7.06. The number of hydrazone groups is 1. The van der Waals surface area contributed by atoms with Gasteiger partial charge in [-0.05, 0) is 45.0 Å². The maximum Gasteiger partial charge on any atom is 0.328 e. The number of ether oxygens (including phenoxy) is 1. The summed E-state index contributed by atoms with van der Waals surface area (Å²) in [7, 11) is 0. The van der Waals surface area contributed by atoms with E-state index in [0.717, 1.165) is 24.4 Å². The number of nitrogens with zero attached hydrogens (tertiary/aromatic N) is 2. The molecular weight excluding hydrogens is 282 g/mol. The summed E-state index contributed by atoms with van der Waals surface area (Å²) in [6.07, 6.45) is 0.958. The van der Waals surface area contributed by atoms with E-state index in [4.69, 9.17) is 4.74 Å². The topological polar surface area (TPSA) is 71.0 Å². The minimum Gasteiger partial charge on any atom is -0.464 e. The normalized spacial score (nSPS) is 15.2. The molecule has 1 aliphatic rings. The van der Waals surface area contributed by atoms with Crippen LogP contribution in [0.2, 0.25) is 0 Å². The van der Waals surface area contributed by atoms with Crippen LogP contribution in [0.15, 0.2) is 29.4 Å². The lowest BCUT2D eigenvalue weighted by molar-refractivity contribution is -0.144. The first-order chi connectivity index (χ1) is 10.5. The van der Waals surface area contributed by atoms with Crippen LogP contribution in [0.5, 0.6) is 0 Å². The molecule has 1 amide bonds. The van der Waals surface area contributed by atoms with E-state index in [0.29, 0.717) is 12.2 Å². The number of rotatable bonds is 5. The molecule has 0 saturated heterocycles. The minimum atomic E-state index is -0.669. The van der Waals surface area contributed by atoms with Gasteiger partial charge in [-0.25, -0.2) is 4.79 Å². The third-order valence-electron chi connectivity index (χ3n) is 3.39. The summed E-state index contributed by atoms with van der Waals surface area (Å²) in [6, 6.07) is 6.49. The van der Waals surface area contributed by atoms with Gasteiger partial charge in [0.25, 0.3) is 5.91 Å². The van der Waals surface area contributed by atoms with E-state index in [1.54, 1.807) is 26.0 Å². The van der Waals surface area contributed by atoms with Gasteiger partial charge in [0.1, 0.15) is 6.04 Å². The zero-order chi connectivity index (χ0) is 16.1. The second-order valence-corrected chi connectivity index (χ2v) is 5.20. The van der Waals surface area contributed by atoms with Crippen molar-refractivity contribution in [2.45, 2.75) is 33.2 Å². The van der Waals surface area contributed by atoms with Crippen LogP contribution in [0.3, 0.4) is 0 Å². The van der Waals surface area contributed by atoms with Gasteiger partial charge in [0.2, 0.25) is 0 Å². The van der Waals surface area contributed by atoms with Crippen LogP contribution in [-0.4, -0.2) is 36.8 Å². The minimum absolute atomic E-state index is 0.295. The van der Waals surface area contributed by atoms with Crippen LogP contribution in [0.1, 0.15) is 37.6 Å². The molecule has 0 radical (unpaired) electrons. The van der Waals surface area contributed by atoms with Crippen molar-refractivity contribution in [1.82, 2.24) is 5.32 Å². The predicted molar refractivity (Wildman–Crippen MR) is 85.1 cm³/mol. The molecule has 22 heavy (non-hydrogen) atoms. The standard InChI is InChI=1S/C16H21N3O3/c1-4-22-16(21)12(3)17-15(20)13-5-7-14(8-6-13)19-10-9-11(2)18-19/h5-8,12H,4,9-10H2,1-3H3,(H,17,20)/t12-/m0/s1. The van der Waals surface area contributed by atoms with Crippen molar-refractivity contribution >= 4 is 23.3 Å². The van der Waals surface area contributed by atoms with Gasteiger partial charge in [0, 0.05) is 24.2 Å². The molecule has 0 aliphatic carbocycles. The summed E-state index contributed by atoms with van der Waals surface area (Å²) in [5, 5.41) is 8.95. The number of carbonyl (C=O) groups is 2. The molecule has 0 unspecified atom stereocenters. The fourth-order valence-corrected chi connectivity index (χ4v) is 2.15. The van der Waals surface area contributed by atoms with E-state index >= 15 is 0 Å². The Bertz CT molecular complexity index is 581.